The van der Waals surface area contributed by atoms with Crippen molar-refractivity contribution in [2.24, 2.45) is 11.7 Å². The van der Waals surface area contributed by atoms with Crippen molar-refractivity contribution in [3.05, 3.63) is 0 Å². The van der Waals surface area contributed by atoms with Gasteiger partial charge in [0.15, 0.2) is 12.2 Å². The molecular formula is C22H40N6O4. The summed E-state index contributed by atoms with van der Waals surface area (Å²) in [7, 11) is 1.84. The summed E-state index contributed by atoms with van der Waals surface area (Å²) in [6, 6.07) is 0.0839. The van der Waals surface area contributed by atoms with E-state index < -0.39 is 5.97 Å². The van der Waals surface area contributed by atoms with Crippen LogP contribution in [-0.2, 0) is 9.53 Å². The van der Waals surface area contributed by atoms with E-state index in [0.29, 0.717) is 12.3 Å². The number of carboxylic acid groups (broad SMARTS) is 1. The second-order valence-corrected chi connectivity index (χ2v) is 9.43. The summed E-state index contributed by atoms with van der Waals surface area (Å²) in [6.07, 6.45) is 7.02. The number of rotatable bonds is 10. The largest absolute Gasteiger partial charge is 0.481 e. The summed E-state index contributed by atoms with van der Waals surface area (Å²) < 4.78 is 5.73. The third-order valence-corrected chi connectivity index (χ3v) is 7.29. The Morgan fingerprint density at radius 1 is 1.09 bits per heavy atom. The lowest BCUT2D eigenvalue weighted by atomic mass is 9.91. The SMILES string of the molecule is CN1C(=O)OC(N2CCN(CCCC(=O)O)CC2)C1CCCCC1CCN(C(=N)N)CC1. The summed E-state index contributed by atoms with van der Waals surface area (Å²) in [5.74, 6) is 0.146. The quantitative estimate of drug-likeness (QED) is 0.258. The van der Waals surface area contributed by atoms with Crippen LogP contribution in [0.25, 0.3) is 0 Å². The number of nitrogens with two attached hydrogens (primary N) is 1. The molecule has 3 rings (SSSR count). The number of ether oxygens (including phenoxy) is 1. The van der Waals surface area contributed by atoms with E-state index in [-0.39, 0.29) is 30.7 Å². The minimum absolute atomic E-state index is 0.0839. The van der Waals surface area contributed by atoms with E-state index >= 15 is 0 Å². The predicted molar refractivity (Wildman–Crippen MR) is 121 cm³/mol. The molecule has 0 saturated carbocycles. The molecule has 0 aromatic rings. The lowest BCUT2D eigenvalue weighted by Gasteiger charge is -2.38. The van der Waals surface area contributed by atoms with Crippen LogP contribution >= 0.6 is 0 Å². The van der Waals surface area contributed by atoms with E-state index in [9.17, 15) is 9.59 Å². The summed E-state index contributed by atoms with van der Waals surface area (Å²) in [5, 5.41) is 16.4. The lowest BCUT2D eigenvalue weighted by molar-refractivity contribution is -0.137. The molecule has 3 heterocycles. The van der Waals surface area contributed by atoms with Crippen molar-refractivity contribution in [2.75, 3.05) is 52.9 Å². The first-order valence-electron chi connectivity index (χ1n) is 12.1. The van der Waals surface area contributed by atoms with Crippen LogP contribution in [0, 0.1) is 11.3 Å². The first kappa shape index (κ1) is 24.6. The monoisotopic (exact) mass is 452 g/mol. The molecule has 0 aromatic carbocycles. The van der Waals surface area contributed by atoms with Gasteiger partial charge < -0.3 is 30.3 Å². The molecule has 10 heteroatoms. The molecule has 0 aliphatic carbocycles. The van der Waals surface area contributed by atoms with Crippen molar-refractivity contribution in [3.63, 3.8) is 0 Å². The maximum atomic E-state index is 12.3. The molecule has 0 radical (unpaired) electrons. The Morgan fingerprint density at radius 3 is 2.38 bits per heavy atom. The number of nitrogens with zero attached hydrogens (tertiary/aromatic N) is 4. The maximum Gasteiger partial charge on any atom is 0.411 e. The average Bonchev–Trinajstić information content (AvgIpc) is 3.05. The predicted octanol–water partition coefficient (Wildman–Crippen LogP) is 1.41. The van der Waals surface area contributed by atoms with Crippen molar-refractivity contribution >= 4 is 18.0 Å². The molecule has 3 fully saturated rings. The standard InChI is InChI=1S/C22H40N6O4/c1-25-18(6-3-2-5-17-8-11-28(12-9-17)21(23)24)20(32-22(25)31)27-15-13-26(14-16-27)10-4-7-19(29)30/h17-18,20H,2-16H2,1H3,(H3,23,24)(H,29,30). The normalized spacial score (nSPS) is 25.8. The molecule has 0 spiro atoms. The molecule has 10 nitrogen and oxygen atoms in total. The van der Waals surface area contributed by atoms with Crippen LogP contribution in [0.15, 0.2) is 0 Å². The zero-order valence-corrected chi connectivity index (χ0v) is 19.4. The number of likely N-dealkylation sites (N-methyl/N-ethyl adjacent to an activating group) is 1. The minimum Gasteiger partial charge on any atom is -0.481 e. The van der Waals surface area contributed by atoms with Crippen LogP contribution in [0.3, 0.4) is 0 Å². The number of likely N-dealkylation sites (tertiary alicyclic amines) is 1. The number of nitrogens with one attached hydrogen (secondary N) is 1. The van der Waals surface area contributed by atoms with Crippen LogP contribution in [0.1, 0.15) is 51.4 Å². The molecule has 2 atom stereocenters. The van der Waals surface area contributed by atoms with Gasteiger partial charge in [0.25, 0.3) is 0 Å². The number of unbranched alkanes of at least 4 members (excludes halogenated alkanes) is 1. The van der Waals surface area contributed by atoms with Gasteiger partial charge >= 0.3 is 12.1 Å². The number of hydrogen-bond donors (Lipinski definition) is 3. The number of guanidine groups is 1. The van der Waals surface area contributed by atoms with E-state index in [1.165, 1.54) is 6.42 Å². The fraction of sp³-hybridized carbons (Fsp3) is 0.864. The van der Waals surface area contributed by atoms with Crippen LogP contribution < -0.4 is 5.73 Å². The van der Waals surface area contributed by atoms with Gasteiger partial charge in [-0.2, -0.15) is 0 Å². The first-order chi connectivity index (χ1) is 15.3. The Labute approximate surface area is 191 Å². The van der Waals surface area contributed by atoms with Gasteiger partial charge in [0.1, 0.15) is 0 Å². The highest BCUT2D eigenvalue weighted by molar-refractivity contribution is 5.74. The van der Waals surface area contributed by atoms with Crippen LogP contribution in [0.4, 0.5) is 4.79 Å². The van der Waals surface area contributed by atoms with Gasteiger partial charge in [0, 0.05) is 52.7 Å². The number of carbonyl (C=O) groups excluding carboxylic acids is 1. The Morgan fingerprint density at radius 2 is 1.75 bits per heavy atom. The maximum absolute atomic E-state index is 12.3. The first-order valence-corrected chi connectivity index (χ1v) is 12.1. The second-order valence-electron chi connectivity index (χ2n) is 9.43. The third-order valence-electron chi connectivity index (χ3n) is 7.29. The van der Waals surface area contributed by atoms with Crippen molar-refractivity contribution in [1.82, 2.24) is 19.6 Å². The van der Waals surface area contributed by atoms with Crippen molar-refractivity contribution in [1.29, 1.82) is 5.41 Å². The van der Waals surface area contributed by atoms with Crippen LogP contribution in [0.2, 0.25) is 0 Å². The van der Waals surface area contributed by atoms with Gasteiger partial charge in [-0.1, -0.05) is 19.3 Å². The van der Waals surface area contributed by atoms with Gasteiger partial charge in [-0.05, 0) is 38.1 Å². The molecule has 1 amide bonds. The fourth-order valence-electron chi connectivity index (χ4n) is 5.19. The summed E-state index contributed by atoms with van der Waals surface area (Å²) in [6.45, 7) is 6.01. The number of amides is 1. The van der Waals surface area contributed by atoms with Gasteiger partial charge in [-0.3, -0.25) is 15.1 Å². The Balaban J connectivity index is 1.38. The summed E-state index contributed by atoms with van der Waals surface area (Å²) >= 11 is 0. The Kier molecular flexibility index (Phi) is 8.98. The molecule has 3 saturated heterocycles. The van der Waals surface area contributed by atoms with Crippen LogP contribution in [0.5, 0.6) is 0 Å². The smallest absolute Gasteiger partial charge is 0.411 e. The number of piperidine rings is 1. The van der Waals surface area contributed by atoms with Crippen molar-refractivity contribution < 1.29 is 19.4 Å². The van der Waals surface area contributed by atoms with Gasteiger partial charge in [-0.25, -0.2) is 4.79 Å². The Hall–Kier alpha value is -2.07. The van der Waals surface area contributed by atoms with E-state index in [0.717, 1.165) is 77.9 Å². The number of carbonyl (C=O) groups is 2. The van der Waals surface area contributed by atoms with E-state index in [1.807, 2.05) is 11.9 Å². The lowest BCUT2D eigenvalue weighted by Crippen LogP contribution is -2.54. The van der Waals surface area contributed by atoms with Crippen molar-refractivity contribution in [3.8, 4) is 0 Å². The zero-order valence-electron chi connectivity index (χ0n) is 19.4. The van der Waals surface area contributed by atoms with E-state index in [4.69, 9.17) is 21.0 Å². The molecule has 4 N–H and O–H groups in total. The van der Waals surface area contributed by atoms with Gasteiger partial charge in [0.2, 0.25) is 0 Å². The molecule has 3 aliphatic rings. The number of carboxylic acids is 1. The molecule has 182 valence electrons. The fourth-order valence-corrected chi connectivity index (χ4v) is 5.19. The van der Waals surface area contributed by atoms with Crippen LogP contribution in [-0.4, -0.2) is 108 Å². The highest BCUT2D eigenvalue weighted by atomic mass is 16.6. The molecule has 3 aliphatic heterocycles. The van der Waals surface area contributed by atoms with E-state index in [2.05, 4.69) is 9.80 Å². The van der Waals surface area contributed by atoms with Gasteiger partial charge in [0.05, 0.1) is 6.04 Å². The third kappa shape index (κ3) is 6.71. The summed E-state index contributed by atoms with van der Waals surface area (Å²) in [5.41, 5.74) is 5.58. The Bertz CT molecular complexity index is 646. The number of piperazine rings is 1. The summed E-state index contributed by atoms with van der Waals surface area (Å²) in [4.78, 5) is 31.2. The highest BCUT2D eigenvalue weighted by Gasteiger charge is 2.43. The zero-order chi connectivity index (χ0) is 23.1. The van der Waals surface area contributed by atoms with Crippen molar-refractivity contribution in [2.45, 2.75) is 63.6 Å². The number of hydrogen-bond acceptors (Lipinski definition) is 6. The highest BCUT2D eigenvalue weighted by Crippen LogP contribution is 2.28. The molecule has 0 aromatic heterocycles. The number of aliphatic carboxylic acids is 1. The van der Waals surface area contributed by atoms with E-state index in [1.54, 1.807) is 4.90 Å². The second kappa shape index (κ2) is 11.7. The van der Waals surface area contributed by atoms with Gasteiger partial charge in [-0.15, -0.1) is 0 Å². The number of cyclic esters (lactones) is 1. The molecular weight excluding hydrogens is 412 g/mol. The molecule has 32 heavy (non-hydrogen) atoms. The molecule has 2 unspecified atom stereocenters. The average molecular weight is 453 g/mol. The molecule has 0 bridgehead atoms. The minimum atomic E-state index is -0.742. The topological polar surface area (TPSA) is 126 Å².